The zero-order valence-electron chi connectivity index (χ0n) is 20.3. The lowest BCUT2D eigenvalue weighted by atomic mass is 9.92. The van der Waals surface area contributed by atoms with Gasteiger partial charge in [0, 0.05) is 39.8 Å². The molecule has 38 heavy (non-hydrogen) atoms. The molecule has 1 aliphatic rings. The van der Waals surface area contributed by atoms with Gasteiger partial charge in [0.2, 0.25) is 0 Å². The van der Waals surface area contributed by atoms with Gasteiger partial charge in [0.15, 0.2) is 5.75 Å². The molecule has 0 atom stereocenters. The summed E-state index contributed by atoms with van der Waals surface area (Å²) in [5, 5.41) is 4.27. The summed E-state index contributed by atoms with van der Waals surface area (Å²) in [6, 6.07) is 14.8. The lowest BCUT2D eigenvalue weighted by Crippen LogP contribution is -2.40. The number of nitrogens with two attached hydrogens (primary N) is 1. The molecule has 2 heterocycles. The van der Waals surface area contributed by atoms with Gasteiger partial charge in [-0.15, -0.1) is 0 Å². The number of amides is 2. The van der Waals surface area contributed by atoms with Crippen LogP contribution in [0, 0.1) is 0 Å². The number of hydrogen-bond acceptors (Lipinski definition) is 9. The first-order valence-electron chi connectivity index (χ1n) is 11.7. The summed E-state index contributed by atoms with van der Waals surface area (Å²) in [6.07, 6.45) is 3.28. The summed E-state index contributed by atoms with van der Waals surface area (Å²) in [4.78, 5) is 35.6. The van der Waals surface area contributed by atoms with Crippen LogP contribution >= 0.6 is 0 Å². The Kier molecular flexibility index (Phi) is 6.66. The van der Waals surface area contributed by atoms with Gasteiger partial charge in [-0.05, 0) is 55.4 Å². The molecule has 4 N–H and O–H groups in total. The number of benzene rings is 3. The third-order valence-electron chi connectivity index (χ3n) is 6.06. The van der Waals surface area contributed by atoms with Gasteiger partial charge < -0.3 is 15.8 Å². The second kappa shape index (κ2) is 10.1. The van der Waals surface area contributed by atoms with Crippen LogP contribution in [-0.2, 0) is 10.0 Å². The summed E-state index contributed by atoms with van der Waals surface area (Å²) >= 11 is 0. The number of anilines is 3. The summed E-state index contributed by atoms with van der Waals surface area (Å²) in [6.45, 7) is 1.22. The molecular weight excluding hydrogens is 508 g/mol. The van der Waals surface area contributed by atoms with E-state index in [0.717, 1.165) is 22.4 Å². The van der Waals surface area contributed by atoms with Crippen molar-refractivity contribution < 1.29 is 22.7 Å². The topological polar surface area (TPSA) is 157 Å². The molecule has 0 aliphatic carbocycles. The van der Waals surface area contributed by atoms with Crippen molar-refractivity contribution in [1.82, 2.24) is 9.97 Å². The summed E-state index contributed by atoms with van der Waals surface area (Å²) in [5.41, 5.74) is 7.73. The molecule has 0 spiro atoms. The van der Waals surface area contributed by atoms with Crippen LogP contribution in [0.5, 0.6) is 5.75 Å². The molecule has 0 saturated heterocycles. The fourth-order valence-corrected chi connectivity index (χ4v) is 5.16. The molecule has 0 radical (unpaired) electrons. The van der Waals surface area contributed by atoms with Crippen LogP contribution in [0.15, 0.2) is 72.1 Å². The Morgan fingerprint density at radius 1 is 0.947 bits per heavy atom. The number of aromatic nitrogens is 2. The third kappa shape index (κ3) is 4.51. The zero-order chi connectivity index (χ0) is 26.9. The summed E-state index contributed by atoms with van der Waals surface area (Å²) < 4.78 is 32.6. The molecule has 0 fully saturated rings. The van der Waals surface area contributed by atoms with Crippen LogP contribution in [0.25, 0.3) is 10.8 Å². The van der Waals surface area contributed by atoms with E-state index in [-0.39, 0.29) is 5.69 Å². The van der Waals surface area contributed by atoms with Crippen molar-refractivity contribution in [2.45, 2.75) is 11.6 Å². The van der Waals surface area contributed by atoms with E-state index in [0.29, 0.717) is 41.0 Å². The Bertz CT molecular complexity index is 1620. The number of carbonyl (C=O) groups is 2. The first-order valence-corrected chi connectivity index (χ1v) is 13.2. The van der Waals surface area contributed by atoms with Gasteiger partial charge >= 0.3 is 0 Å². The molecule has 11 nitrogen and oxygen atoms in total. The van der Waals surface area contributed by atoms with Crippen molar-refractivity contribution in [1.29, 1.82) is 0 Å². The quantitative estimate of drug-likeness (QED) is 0.167. The highest BCUT2D eigenvalue weighted by molar-refractivity contribution is 7.92. The van der Waals surface area contributed by atoms with Gasteiger partial charge in [0.25, 0.3) is 27.0 Å². The zero-order valence-corrected chi connectivity index (χ0v) is 21.2. The Morgan fingerprint density at radius 2 is 1.63 bits per heavy atom. The molecule has 0 saturated carbocycles. The van der Waals surface area contributed by atoms with Crippen molar-refractivity contribution in [3.63, 3.8) is 0 Å². The third-order valence-corrected chi connectivity index (χ3v) is 7.26. The number of methoxy groups -OCH3 is 1. The smallest absolute Gasteiger partial charge is 0.297 e. The average Bonchev–Trinajstić information content (AvgIpc) is 2.93. The molecule has 0 unspecified atom stereocenters. The first-order chi connectivity index (χ1) is 18.3. The summed E-state index contributed by atoms with van der Waals surface area (Å²) in [5.74, 6) is -0.611. The lowest BCUT2D eigenvalue weighted by Gasteiger charge is -2.28. The molecular formula is C26H24N6O5S. The van der Waals surface area contributed by atoms with Crippen LogP contribution in [0.2, 0.25) is 0 Å². The van der Waals surface area contributed by atoms with E-state index < -0.39 is 27.0 Å². The first kappa shape index (κ1) is 25.1. The van der Waals surface area contributed by atoms with Crippen LogP contribution in [-0.4, -0.2) is 50.4 Å². The van der Waals surface area contributed by atoms with E-state index >= 15 is 0 Å². The number of ether oxygens (including phenoxy) is 1. The van der Waals surface area contributed by atoms with Gasteiger partial charge in [-0.2, -0.15) is 8.42 Å². The molecule has 3 aromatic carbocycles. The van der Waals surface area contributed by atoms with E-state index in [1.165, 1.54) is 43.8 Å². The molecule has 194 valence electrons. The van der Waals surface area contributed by atoms with E-state index in [2.05, 4.69) is 20.0 Å². The van der Waals surface area contributed by atoms with Crippen molar-refractivity contribution >= 4 is 49.7 Å². The number of sulfonamides is 1. The Morgan fingerprint density at radius 3 is 2.29 bits per heavy atom. The molecule has 2 amide bonds. The Balaban J connectivity index is 1.42. The van der Waals surface area contributed by atoms with Crippen molar-refractivity contribution in [2.24, 2.45) is 5.73 Å². The maximum atomic E-state index is 13.5. The predicted molar refractivity (Wildman–Crippen MR) is 143 cm³/mol. The maximum Gasteiger partial charge on any atom is 0.297 e. The normalized spacial score (nSPS) is 13.1. The highest BCUT2D eigenvalue weighted by Gasteiger charge is 2.34. The largest absolute Gasteiger partial charge is 0.494 e. The molecule has 5 rings (SSSR count). The molecule has 4 aromatic rings. The number of hydrogen-bond donors (Lipinski definition) is 3. The monoisotopic (exact) mass is 532 g/mol. The highest BCUT2D eigenvalue weighted by atomic mass is 32.2. The predicted octanol–water partition coefficient (Wildman–Crippen LogP) is 3.00. The molecule has 1 aromatic heterocycles. The summed E-state index contributed by atoms with van der Waals surface area (Å²) in [7, 11) is -2.65. The van der Waals surface area contributed by atoms with Crippen LogP contribution in [0.1, 0.15) is 27.1 Å². The number of carbonyl (C=O) groups excluding carboxylic acids is 2. The minimum absolute atomic E-state index is 0.209. The number of imide groups is 1. The van der Waals surface area contributed by atoms with Gasteiger partial charge in [0.1, 0.15) is 0 Å². The number of rotatable bonds is 9. The van der Waals surface area contributed by atoms with E-state index in [9.17, 15) is 18.0 Å². The molecule has 1 aliphatic heterocycles. The van der Waals surface area contributed by atoms with Crippen molar-refractivity contribution in [3.05, 3.63) is 78.1 Å². The standard InChI is InChI=1S/C26H24N6O5S/c1-37-18-14-29-26(30-15-18)38(35,36)31-16-6-8-17(9-7-16)32-24(33)20-5-2-4-19-22(28-13-3-12-27)11-10-21(23(19)20)25(32)34/h2,4-11,14-15,28,31H,3,12-13,27H2,1H3. The minimum atomic E-state index is -4.06. The van der Waals surface area contributed by atoms with Crippen LogP contribution < -0.4 is 25.4 Å². The minimum Gasteiger partial charge on any atom is -0.494 e. The SMILES string of the molecule is COc1cnc(S(=O)(=O)Nc2ccc(N3C(=O)c4cccc5c(NCCCN)ccc(c45)C3=O)cc2)nc1. The van der Waals surface area contributed by atoms with Gasteiger partial charge in [0.05, 0.1) is 25.2 Å². The van der Waals surface area contributed by atoms with E-state index in [4.69, 9.17) is 10.5 Å². The molecule has 12 heteroatoms. The van der Waals surface area contributed by atoms with E-state index in [1.807, 2.05) is 12.1 Å². The van der Waals surface area contributed by atoms with E-state index in [1.54, 1.807) is 18.2 Å². The fraction of sp³-hybridized carbons (Fsp3) is 0.154. The molecule has 0 bridgehead atoms. The Labute approximate surface area is 218 Å². The average molecular weight is 533 g/mol. The van der Waals surface area contributed by atoms with Crippen molar-refractivity contribution in [3.8, 4) is 5.75 Å². The van der Waals surface area contributed by atoms with Gasteiger partial charge in [-0.25, -0.2) is 14.9 Å². The fourth-order valence-electron chi connectivity index (χ4n) is 4.24. The lowest BCUT2D eigenvalue weighted by molar-refractivity contribution is 0.0893. The second-order valence-electron chi connectivity index (χ2n) is 8.46. The van der Waals surface area contributed by atoms with Crippen molar-refractivity contribution in [2.75, 3.05) is 35.1 Å². The highest BCUT2D eigenvalue weighted by Crippen LogP contribution is 2.36. The van der Waals surface area contributed by atoms with Gasteiger partial charge in [-0.3, -0.25) is 14.3 Å². The number of nitrogens with one attached hydrogen (secondary N) is 2. The second-order valence-corrected chi connectivity index (χ2v) is 10.0. The Hall–Kier alpha value is -4.55. The maximum absolute atomic E-state index is 13.5. The van der Waals surface area contributed by atoms with Crippen LogP contribution in [0.3, 0.4) is 0 Å². The van der Waals surface area contributed by atoms with Gasteiger partial charge in [-0.1, -0.05) is 12.1 Å². The number of nitrogens with zero attached hydrogens (tertiary/aromatic N) is 3. The van der Waals surface area contributed by atoms with Crippen LogP contribution in [0.4, 0.5) is 17.1 Å².